The number of nitrogens with two attached hydrogens (primary N) is 1. The van der Waals surface area contributed by atoms with E-state index in [1.807, 2.05) is 30.3 Å². The minimum atomic E-state index is -0.799. The molecule has 4 N–H and O–H groups in total. The summed E-state index contributed by atoms with van der Waals surface area (Å²) in [5.41, 5.74) is 6.80. The van der Waals surface area contributed by atoms with E-state index >= 15 is 0 Å². The minimum absolute atomic E-state index is 0.329. The molecule has 0 aliphatic carbocycles. The third-order valence-corrected chi connectivity index (χ3v) is 3.29. The van der Waals surface area contributed by atoms with E-state index < -0.39 is 18.0 Å². The number of amides is 3. The fraction of sp³-hybridized carbons (Fsp3) is 0.176. The van der Waals surface area contributed by atoms with Crippen LogP contribution in [0.25, 0.3) is 0 Å². The smallest absolute Gasteiger partial charge is 0.320 e. The highest BCUT2D eigenvalue weighted by Gasteiger charge is 2.19. The first kappa shape index (κ1) is 16.4. The van der Waals surface area contributed by atoms with Crippen molar-refractivity contribution in [2.24, 2.45) is 5.73 Å². The molecular weight excluding hydrogens is 294 g/mol. The first-order valence-electron chi connectivity index (χ1n) is 7.14. The molecule has 120 valence electrons. The summed E-state index contributed by atoms with van der Waals surface area (Å²) in [7, 11) is 1.51. The standard InChI is InChI=1S/C17H19N3O3/c1-23-15-10-6-5-9-13(15)19-17(22)20-14(16(18)21)11-12-7-3-2-4-8-12/h2-10,14H,11H2,1H3,(H2,18,21)(H2,19,20,22). The molecule has 0 radical (unpaired) electrons. The van der Waals surface area contributed by atoms with Crippen molar-refractivity contribution in [1.82, 2.24) is 5.32 Å². The molecule has 1 unspecified atom stereocenters. The summed E-state index contributed by atoms with van der Waals surface area (Å²) in [5, 5.41) is 5.23. The highest BCUT2D eigenvalue weighted by atomic mass is 16.5. The first-order chi connectivity index (χ1) is 11.1. The van der Waals surface area contributed by atoms with Crippen LogP contribution in [0.2, 0.25) is 0 Å². The number of primary amides is 1. The fourth-order valence-electron chi connectivity index (χ4n) is 2.14. The molecule has 0 saturated heterocycles. The molecule has 2 aromatic carbocycles. The van der Waals surface area contributed by atoms with E-state index in [0.29, 0.717) is 17.9 Å². The van der Waals surface area contributed by atoms with Gasteiger partial charge in [0.2, 0.25) is 5.91 Å². The van der Waals surface area contributed by atoms with Gasteiger partial charge >= 0.3 is 6.03 Å². The van der Waals surface area contributed by atoms with E-state index in [1.165, 1.54) is 7.11 Å². The molecule has 2 aromatic rings. The van der Waals surface area contributed by atoms with E-state index in [0.717, 1.165) is 5.56 Å². The maximum atomic E-state index is 12.1. The van der Waals surface area contributed by atoms with Crippen LogP contribution in [0.15, 0.2) is 54.6 Å². The Kier molecular flexibility index (Phi) is 5.57. The van der Waals surface area contributed by atoms with Gasteiger partial charge in [-0.25, -0.2) is 4.79 Å². The SMILES string of the molecule is COc1ccccc1NC(=O)NC(Cc1ccccc1)C(N)=O. The molecule has 6 nitrogen and oxygen atoms in total. The average Bonchev–Trinajstić information content (AvgIpc) is 2.55. The summed E-state index contributed by atoms with van der Waals surface area (Å²) in [5.74, 6) is -0.0645. The largest absolute Gasteiger partial charge is 0.495 e. The van der Waals surface area contributed by atoms with Crippen molar-refractivity contribution in [3.63, 3.8) is 0 Å². The molecule has 0 bridgehead atoms. The number of nitrogens with one attached hydrogen (secondary N) is 2. The van der Waals surface area contributed by atoms with Crippen LogP contribution >= 0.6 is 0 Å². The van der Waals surface area contributed by atoms with Crippen LogP contribution in [0.1, 0.15) is 5.56 Å². The van der Waals surface area contributed by atoms with Crippen LogP contribution in [0.3, 0.4) is 0 Å². The van der Waals surface area contributed by atoms with Crippen molar-refractivity contribution in [1.29, 1.82) is 0 Å². The Hall–Kier alpha value is -3.02. The number of rotatable bonds is 6. The Balaban J connectivity index is 2.02. The highest BCUT2D eigenvalue weighted by molar-refractivity contribution is 5.94. The molecule has 0 saturated carbocycles. The number of benzene rings is 2. The molecule has 1 atom stereocenters. The number of ether oxygens (including phenoxy) is 1. The van der Waals surface area contributed by atoms with Crippen LogP contribution in [-0.4, -0.2) is 25.1 Å². The number of anilines is 1. The average molecular weight is 313 g/mol. The zero-order valence-corrected chi connectivity index (χ0v) is 12.8. The Bertz CT molecular complexity index is 674. The lowest BCUT2D eigenvalue weighted by Crippen LogP contribution is -2.47. The minimum Gasteiger partial charge on any atom is -0.495 e. The number of carbonyl (C=O) groups excluding carboxylic acids is 2. The molecule has 0 heterocycles. The number of urea groups is 1. The summed E-state index contributed by atoms with van der Waals surface area (Å²) < 4.78 is 5.16. The maximum Gasteiger partial charge on any atom is 0.320 e. The maximum absolute atomic E-state index is 12.1. The lowest BCUT2D eigenvalue weighted by atomic mass is 10.1. The highest BCUT2D eigenvalue weighted by Crippen LogP contribution is 2.22. The molecule has 23 heavy (non-hydrogen) atoms. The summed E-state index contributed by atoms with van der Waals surface area (Å²) in [6.07, 6.45) is 0.329. The van der Waals surface area contributed by atoms with Crippen LogP contribution in [0.4, 0.5) is 10.5 Å². The van der Waals surface area contributed by atoms with Crippen molar-refractivity contribution in [3.05, 3.63) is 60.2 Å². The van der Waals surface area contributed by atoms with E-state index in [9.17, 15) is 9.59 Å². The molecule has 0 spiro atoms. The van der Waals surface area contributed by atoms with Gasteiger partial charge in [-0.3, -0.25) is 4.79 Å². The molecule has 0 aromatic heterocycles. The normalized spacial score (nSPS) is 11.3. The summed E-state index contributed by atoms with van der Waals surface area (Å²) in [4.78, 5) is 23.7. The summed E-state index contributed by atoms with van der Waals surface area (Å²) >= 11 is 0. The van der Waals surface area contributed by atoms with Crippen molar-refractivity contribution in [3.8, 4) is 5.75 Å². The molecule has 6 heteroatoms. The van der Waals surface area contributed by atoms with Gasteiger partial charge < -0.3 is 21.1 Å². The van der Waals surface area contributed by atoms with Crippen molar-refractivity contribution in [2.45, 2.75) is 12.5 Å². The van der Waals surface area contributed by atoms with Crippen molar-refractivity contribution >= 4 is 17.6 Å². The topological polar surface area (TPSA) is 93.4 Å². The second-order valence-corrected chi connectivity index (χ2v) is 4.94. The number of carbonyl (C=O) groups is 2. The second-order valence-electron chi connectivity index (χ2n) is 4.94. The first-order valence-corrected chi connectivity index (χ1v) is 7.14. The Morgan fingerprint density at radius 1 is 1.09 bits per heavy atom. The van der Waals surface area contributed by atoms with E-state index in [2.05, 4.69) is 10.6 Å². The Morgan fingerprint density at radius 2 is 1.74 bits per heavy atom. The van der Waals surface area contributed by atoms with Gasteiger partial charge in [-0.15, -0.1) is 0 Å². The van der Waals surface area contributed by atoms with Crippen LogP contribution in [-0.2, 0) is 11.2 Å². The Morgan fingerprint density at radius 3 is 2.39 bits per heavy atom. The lowest BCUT2D eigenvalue weighted by Gasteiger charge is -2.17. The monoisotopic (exact) mass is 313 g/mol. The van der Waals surface area contributed by atoms with Crippen LogP contribution in [0.5, 0.6) is 5.75 Å². The molecule has 0 aliphatic rings. The van der Waals surface area contributed by atoms with Crippen molar-refractivity contribution < 1.29 is 14.3 Å². The predicted molar refractivity (Wildman–Crippen MR) is 88.3 cm³/mol. The quantitative estimate of drug-likeness (QED) is 0.760. The molecule has 0 aliphatic heterocycles. The van der Waals surface area contributed by atoms with E-state index in [1.54, 1.807) is 24.3 Å². The van der Waals surface area contributed by atoms with Crippen LogP contribution < -0.4 is 21.1 Å². The Labute approximate surface area is 134 Å². The van der Waals surface area contributed by atoms with E-state index in [-0.39, 0.29) is 0 Å². The zero-order chi connectivity index (χ0) is 16.7. The fourth-order valence-corrected chi connectivity index (χ4v) is 2.14. The third kappa shape index (κ3) is 4.74. The summed E-state index contributed by atoms with van der Waals surface area (Å²) in [6, 6.07) is 15.0. The van der Waals surface area contributed by atoms with Gasteiger partial charge in [-0.2, -0.15) is 0 Å². The molecule has 2 rings (SSSR count). The van der Waals surface area contributed by atoms with Crippen molar-refractivity contribution in [2.75, 3.05) is 12.4 Å². The number of methoxy groups -OCH3 is 1. The van der Waals surface area contributed by atoms with Gasteiger partial charge in [0.05, 0.1) is 12.8 Å². The number of para-hydroxylation sites is 2. The number of hydrogen-bond donors (Lipinski definition) is 3. The molecule has 0 fully saturated rings. The van der Waals surface area contributed by atoms with Gasteiger partial charge in [0, 0.05) is 6.42 Å². The van der Waals surface area contributed by atoms with E-state index in [4.69, 9.17) is 10.5 Å². The van der Waals surface area contributed by atoms with Gasteiger partial charge in [0.1, 0.15) is 11.8 Å². The molecule has 3 amide bonds. The van der Waals surface area contributed by atoms with Crippen LogP contribution in [0, 0.1) is 0 Å². The van der Waals surface area contributed by atoms with Gasteiger partial charge in [-0.1, -0.05) is 42.5 Å². The lowest BCUT2D eigenvalue weighted by molar-refractivity contribution is -0.119. The predicted octanol–water partition coefficient (Wildman–Crippen LogP) is 1.91. The molecular formula is C17H19N3O3. The second kappa shape index (κ2) is 7.84. The van der Waals surface area contributed by atoms with Gasteiger partial charge in [-0.05, 0) is 17.7 Å². The zero-order valence-electron chi connectivity index (χ0n) is 12.8. The van der Waals surface area contributed by atoms with Gasteiger partial charge in [0.25, 0.3) is 0 Å². The number of hydrogen-bond acceptors (Lipinski definition) is 3. The summed E-state index contributed by atoms with van der Waals surface area (Å²) in [6.45, 7) is 0. The van der Waals surface area contributed by atoms with Gasteiger partial charge in [0.15, 0.2) is 0 Å². The third-order valence-electron chi connectivity index (χ3n) is 3.29.